The Morgan fingerprint density at radius 1 is 1.02 bits per heavy atom. The number of hydrogen-bond donors (Lipinski definition) is 1. The van der Waals surface area contributed by atoms with E-state index >= 15 is 0 Å². The molecule has 216 valence electrons. The fourth-order valence-electron chi connectivity index (χ4n) is 4.63. The molecule has 7 heteroatoms. The Kier molecular flexibility index (Phi) is 9.16. The lowest BCUT2D eigenvalue weighted by atomic mass is 10.0. The van der Waals surface area contributed by atoms with Crippen LogP contribution in [0.1, 0.15) is 71.3 Å². The highest BCUT2D eigenvalue weighted by Crippen LogP contribution is 2.32. The van der Waals surface area contributed by atoms with Crippen LogP contribution in [-0.4, -0.2) is 27.2 Å². The number of amides is 1. The summed E-state index contributed by atoms with van der Waals surface area (Å²) in [6.45, 7) is 14.1. The average molecular weight is 556 g/mol. The number of anilines is 1. The first kappa shape index (κ1) is 29.8. The predicted molar refractivity (Wildman–Crippen MR) is 164 cm³/mol. The van der Waals surface area contributed by atoms with Gasteiger partial charge in [0.05, 0.1) is 11.0 Å². The highest BCUT2D eigenvalue weighted by atomic mass is 16.7. The van der Waals surface area contributed by atoms with E-state index in [1.54, 1.807) is 26.8 Å². The summed E-state index contributed by atoms with van der Waals surface area (Å²) in [4.78, 5) is 29.7. The molecule has 1 N–H and O–H groups in total. The van der Waals surface area contributed by atoms with Crippen LogP contribution in [-0.2, 0) is 22.5 Å². The van der Waals surface area contributed by atoms with Gasteiger partial charge in [0.2, 0.25) is 5.91 Å². The summed E-state index contributed by atoms with van der Waals surface area (Å²) in [5.74, 6) is 1.38. The van der Waals surface area contributed by atoms with Crippen LogP contribution in [0, 0.1) is 12.8 Å². The van der Waals surface area contributed by atoms with Crippen LogP contribution in [0.25, 0.3) is 22.2 Å². The fourth-order valence-corrected chi connectivity index (χ4v) is 4.63. The van der Waals surface area contributed by atoms with Gasteiger partial charge in [0, 0.05) is 30.1 Å². The highest BCUT2D eigenvalue weighted by molar-refractivity contribution is 5.95. The molecular weight excluding hydrogens is 514 g/mol. The van der Waals surface area contributed by atoms with Crippen LogP contribution in [0.15, 0.2) is 60.7 Å². The molecule has 0 fully saturated rings. The molecule has 4 rings (SSSR count). The first-order valence-electron chi connectivity index (χ1n) is 14.3. The molecule has 0 radical (unpaired) electrons. The third-order valence-electron chi connectivity index (χ3n) is 6.74. The summed E-state index contributed by atoms with van der Waals surface area (Å²) >= 11 is 0. The molecule has 41 heavy (non-hydrogen) atoms. The minimum absolute atomic E-state index is 0.00691. The highest BCUT2D eigenvalue weighted by Gasteiger charge is 2.20. The lowest BCUT2D eigenvalue weighted by molar-refractivity contribution is -0.118. The van der Waals surface area contributed by atoms with Crippen LogP contribution in [0.2, 0.25) is 0 Å². The number of aryl methyl sites for hydroxylation is 2. The van der Waals surface area contributed by atoms with Gasteiger partial charge in [0.25, 0.3) is 0 Å². The summed E-state index contributed by atoms with van der Waals surface area (Å²) in [5.41, 5.74) is 6.01. The van der Waals surface area contributed by atoms with Gasteiger partial charge in [0.15, 0.2) is 0 Å². The molecule has 0 unspecified atom stereocenters. The van der Waals surface area contributed by atoms with Crippen LogP contribution in [0.4, 0.5) is 10.5 Å². The lowest BCUT2D eigenvalue weighted by Crippen LogP contribution is -2.26. The van der Waals surface area contributed by atoms with Gasteiger partial charge in [-0.1, -0.05) is 69.7 Å². The molecule has 7 nitrogen and oxygen atoms in total. The van der Waals surface area contributed by atoms with Crippen molar-refractivity contribution in [2.75, 3.05) is 5.32 Å². The zero-order valence-corrected chi connectivity index (χ0v) is 25.2. The molecule has 0 aliphatic heterocycles. The number of para-hydroxylation sites is 1. The average Bonchev–Trinajstić information content (AvgIpc) is 3.24. The topological polar surface area (TPSA) is 82.5 Å². The number of carbonyl (C=O) groups is 2. The number of rotatable bonds is 9. The van der Waals surface area contributed by atoms with Gasteiger partial charge in [-0.2, -0.15) is 0 Å². The molecule has 0 saturated carbocycles. The number of aromatic nitrogens is 2. The summed E-state index contributed by atoms with van der Waals surface area (Å²) < 4.78 is 13.2. The molecule has 3 aromatic carbocycles. The molecule has 0 atom stereocenters. The van der Waals surface area contributed by atoms with Gasteiger partial charge in [-0.3, -0.25) is 4.79 Å². The number of nitrogens with zero attached hydrogens (tertiary/aromatic N) is 2. The van der Waals surface area contributed by atoms with E-state index in [0.29, 0.717) is 12.3 Å². The smallest absolute Gasteiger partial charge is 0.428 e. The maximum atomic E-state index is 12.4. The molecule has 0 aliphatic rings. The lowest BCUT2D eigenvalue weighted by Gasteiger charge is -2.19. The first-order chi connectivity index (χ1) is 19.4. The second kappa shape index (κ2) is 12.6. The molecule has 0 bridgehead atoms. The van der Waals surface area contributed by atoms with E-state index in [0.717, 1.165) is 64.1 Å². The van der Waals surface area contributed by atoms with Crippen LogP contribution < -0.4 is 10.1 Å². The number of benzene rings is 3. The van der Waals surface area contributed by atoms with Crippen LogP contribution in [0.5, 0.6) is 5.75 Å². The Labute approximate surface area is 242 Å². The second-order valence-corrected chi connectivity index (χ2v) is 11.8. The van der Waals surface area contributed by atoms with Gasteiger partial charge in [-0.15, -0.1) is 0 Å². The molecule has 1 aromatic heterocycles. The molecular formula is C34H41N3O4. The number of imidazole rings is 1. The molecule has 4 aromatic rings. The van der Waals surface area contributed by atoms with E-state index in [1.165, 1.54) is 0 Å². The second-order valence-electron chi connectivity index (χ2n) is 11.8. The summed E-state index contributed by atoms with van der Waals surface area (Å²) in [7, 11) is 0. The Hall–Kier alpha value is -4.13. The summed E-state index contributed by atoms with van der Waals surface area (Å²) in [6, 6.07) is 19.7. The van der Waals surface area contributed by atoms with Crippen molar-refractivity contribution in [2.24, 2.45) is 5.92 Å². The van der Waals surface area contributed by atoms with Crippen molar-refractivity contribution in [1.82, 2.24) is 9.55 Å². The Bertz CT molecular complexity index is 1530. The van der Waals surface area contributed by atoms with Gasteiger partial charge in [-0.25, -0.2) is 9.78 Å². The molecule has 0 saturated heterocycles. The maximum absolute atomic E-state index is 12.4. The number of hydrogen-bond acceptors (Lipinski definition) is 5. The maximum Gasteiger partial charge on any atom is 0.514 e. The summed E-state index contributed by atoms with van der Waals surface area (Å²) in [5, 5.41) is 3.05. The van der Waals surface area contributed by atoms with Crippen molar-refractivity contribution in [1.29, 1.82) is 0 Å². The van der Waals surface area contributed by atoms with Crippen molar-refractivity contribution < 1.29 is 19.1 Å². The standard InChI is InChI=1S/C34H41N3O4/c1-8-9-14-30-36-31-23(4)19-26(35-32(38)22(2)3)20-28(31)37(30)21-24-15-17-25(18-16-24)27-12-10-11-13-29(27)40-33(39)41-34(5,6)7/h10-13,15-20,22H,8-9,14,21H2,1-7H3,(H,35,38). The third kappa shape index (κ3) is 7.54. The minimum atomic E-state index is -0.729. The van der Waals surface area contributed by atoms with E-state index in [4.69, 9.17) is 14.5 Å². The van der Waals surface area contributed by atoms with Gasteiger partial charge >= 0.3 is 6.16 Å². The first-order valence-corrected chi connectivity index (χ1v) is 14.3. The fraction of sp³-hybridized carbons (Fsp3) is 0.382. The largest absolute Gasteiger partial charge is 0.514 e. The molecule has 1 amide bonds. The van der Waals surface area contributed by atoms with E-state index in [2.05, 4.69) is 28.9 Å². The van der Waals surface area contributed by atoms with Gasteiger partial charge < -0.3 is 19.4 Å². The predicted octanol–water partition coefficient (Wildman–Crippen LogP) is 8.31. The quantitative estimate of drug-likeness (QED) is 0.166. The molecule has 0 spiro atoms. The van der Waals surface area contributed by atoms with Crippen LogP contribution in [0.3, 0.4) is 0 Å². The van der Waals surface area contributed by atoms with Gasteiger partial charge in [-0.05, 0) is 69.0 Å². The van der Waals surface area contributed by atoms with E-state index in [9.17, 15) is 9.59 Å². The summed E-state index contributed by atoms with van der Waals surface area (Å²) in [6.07, 6.45) is 2.28. The normalized spacial score (nSPS) is 11.6. The van der Waals surface area contributed by atoms with Gasteiger partial charge in [0.1, 0.15) is 17.2 Å². The van der Waals surface area contributed by atoms with E-state index in [-0.39, 0.29) is 11.8 Å². The number of ether oxygens (including phenoxy) is 2. The van der Waals surface area contributed by atoms with Crippen LogP contribution >= 0.6 is 0 Å². The monoisotopic (exact) mass is 555 g/mol. The van der Waals surface area contributed by atoms with E-state index in [1.807, 2.05) is 63.2 Å². The Morgan fingerprint density at radius 3 is 2.39 bits per heavy atom. The zero-order valence-electron chi connectivity index (χ0n) is 25.2. The van der Waals surface area contributed by atoms with Crippen molar-refractivity contribution in [3.63, 3.8) is 0 Å². The Morgan fingerprint density at radius 2 is 1.73 bits per heavy atom. The van der Waals surface area contributed by atoms with Crippen molar-refractivity contribution in [3.05, 3.63) is 77.6 Å². The van der Waals surface area contributed by atoms with Crippen molar-refractivity contribution in [2.45, 2.75) is 79.9 Å². The minimum Gasteiger partial charge on any atom is -0.428 e. The van der Waals surface area contributed by atoms with Crippen molar-refractivity contribution in [3.8, 4) is 16.9 Å². The SMILES string of the molecule is CCCCc1nc2c(C)cc(NC(=O)C(C)C)cc2n1Cc1ccc(-c2ccccc2OC(=O)OC(C)(C)C)cc1. The number of nitrogens with one attached hydrogen (secondary N) is 1. The molecule has 1 heterocycles. The van der Waals surface area contributed by atoms with E-state index < -0.39 is 11.8 Å². The molecule has 0 aliphatic carbocycles. The Balaban J connectivity index is 1.64. The van der Waals surface area contributed by atoms with Crippen molar-refractivity contribution >= 4 is 28.8 Å². The number of fused-ring (bicyclic) bond motifs is 1. The number of carbonyl (C=O) groups excluding carboxylic acids is 2. The third-order valence-corrected chi connectivity index (χ3v) is 6.74. The number of unbranched alkanes of at least 4 members (excludes halogenated alkanes) is 1. The zero-order chi connectivity index (χ0) is 29.7.